The van der Waals surface area contributed by atoms with Gasteiger partial charge in [-0.1, -0.05) is 0 Å². The molecule has 0 radical (unpaired) electrons. The molecule has 0 atom stereocenters. The van der Waals surface area contributed by atoms with E-state index in [2.05, 4.69) is 4.98 Å². The maximum absolute atomic E-state index is 13.4. The number of hydrogen-bond acceptors (Lipinski definition) is 3. The predicted molar refractivity (Wildman–Crippen MR) is 66.4 cm³/mol. The quantitative estimate of drug-likeness (QED) is 0.660. The van der Waals surface area contributed by atoms with Gasteiger partial charge in [-0.25, -0.2) is 13.8 Å². The van der Waals surface area contributed by atoms with E-state index in [4.69, 9.17) is 15.9 Å². The Hall–Kier alpha value is -2.50. The zero-order valence-electron chi connectivity index (χ0n) is 10.1. The van der Waals surface area contributed by atoms with Crippen LogP contribution in [0.5, 0.6) is 11.6 Å². The molecule has 1 aromatic carbocycles. The summed E-state index contributed by atoms with van der Waals surface area (Å²) in [6.07, 6.45) is 0. The molecule has 2 aromatic rings. The minimum atomic E-state index is -0.700. The highest BCUT2D eigenvalue weighted by molar-refractivity contribution is 5.95. The van der Waals surface area contributed by atoms with E-state index in [0.717, 1.165) is 18.2 Å². The van der Waals surface area contributed by atoms with E-state index in [-0.39, 0.29) is 17.5 Å². The van der Waals surface area contributed by atoms with E-state index in [1.165, 1.54) is 6.07 Å². The van der Waals surface area contributed by atoms with Gasteiger partial charge in [0.15, 0.2) is 11.6 Å². The van der Waals surface area contributed by atoms with Crippen LogP contribution in [0, 0.1) is 24.0 Å². The number of nitrogen functional groups attached to an aromatic ring is 1. The summed E-state index contributed by atoms with van der Waals surface area (Å²) in [5.74, 6) is -1.69. The smallest absolute Gasteiger partial charge is 0.220 e. The lowest BCUT2D eigenvalue weighted by Gasteiger charge is -2.08. The summed E-state index contributed by atoms with van der Waals surface area (Å²) in [5.41, 5.74) is 6.32. The Morgan fingerprint density at radius 3 is 2.68 bits per heavy atom. The third-order valence-corrected chi connectivity index (χ3v) is 2.35. The van der Waals surface area contributed by atoms with Crippen LogP contribution in [-0.2, 0) is 0 Å². The van der Waals surface area contributed by atoms with Gasteiger partial charge in [0, 0.05) is 23.4 Å². The molecule has 0 aliphatic rings. The number of aryl methyl sites for hydroxylation is 1. The number of nitrogens with zero attached hydrogens (tertiary/aromatic N) is 1. The molecular formula is C13H11F2N3O. The van der Waals surface area contributed by atoms with Gasteiger partial charge in [-0.15, -0.1) is 0 Å². The van der Waals surface area contributed by atoms with Crippen molar-refractivity contribution in [2.45, 2.75) is 6.92 Å². The molecule has 0 aliphatic carbocycles. The second-order valence-electron chi connectivity index (χ2n) is 3.93. The summed E-state index contributed by atoms with van der Waals surface area (Å²) in [6, 6.07) is 5.86. The number of rotatable bonds is 3. The van der Waals surface area contributed by atoms with E-state index in [0.29, 0.717) is 11.3 Å². The monoisotopic (exact) mass is 263 g/mol. The molecule has 98 valence electrons. The van der Waals surface area contributed by atoms with Crippen LogP contribution in [0.15, 0.2) is 30.3 Å². The molecule has 0 aliphatic heterocycles. The molecule has 0 amide bonds. The Morgan fingerprint density at radius 1 is 1.26 bits per heavy atom. The second-order valence-corrected chi connectivity index (χ2v) is 3.93. The molecule has 0 bridgehead atoms. The van der Waals surface area contributed by atoms with Crippen molar-refractivity contribution in [2.24, 2.45) is 5.73 Å². The number of benzene rings is 1. The van der Waals surface area contributed by atoms with Crippen LogP contribution < -0.4 is 10.5 Å². The van der Waals surface area contributed by atoms with Gasteiger partial charge >= 0.3 is 0 Å². The number of aromatic nitrogens is 1. The van der Waals surface area contributed by atoms with E-state index >= 15 is 0 Å². The summed E-state index contributed by atoms with van der Waals surface area (Å²) in [4.78, 5) is 4.02. The van der Waals surface area contributed by atoms with Crippen LogP contribution in [0.3, 0.4) is 0 Å². The molecule has 0 unspecified atom stereocenters. The van der Waals surface area contributed by atoms with E-state index in [9.17, 15) is 8.78 Å². The van der Waals surface area contributed by atoms with Crippen molar-refractivity contribution in [1.29, 1.82) is 5.41 Å². The molecule has 6 heteroatoms. The fourth-order valence-electron chi connectivity index (χ4n) is 1.51. The third kappa shape index (κ3) is 3.04. The van der Waals surface area contributed by atoms with Crippen LogP contribution in [0.1, 0.15) is 11.3 Å². The van der Waals surface area contributed by atoms with Gasteiger partial charge in [0.25, 0.3) is 0 Å². The van der Waals surface area contributed by atoms with Crippen molar-refractivity contribution in [3.8, 4) is 11.6 Å². The molecule has 1 aromatic heterocycles. The van der Waals surface area contributed by atoms with Crippen LogP contribution >= 0.6 is 0 Å². The molecule has 0 spiro atoms. The number of pyridine rings is 1. The fraction of sp³-hybridized carbons (Fsp3) is 0.0769. The summed E-state index contributed by atoms with van der Waals surface area (Å²) < 4.78 is 31.6. The van der Waals surface area contributed by atoms with Gasteiger partial charge in [0.2, 0.25) is 5.88 Å². The molecule has 19 heavy (non-hydrogen) atoms. The van der Waals surface area contributed by atoms with Gasteiger partial charge in [0.05, 0.1) is 0 Å². The average Bonchev–Trinajstić information content (AvgIpc) is 2.33. The Bertz CT molecular complexity index is 644. The van der Waals surface area contributed by atoms with Crippen molar-refractivity contribution < 1.29 is 13.5 Å². The lowest BCUT2D eigenvalue weighted by molar-refractivity contribution is 0.421. The fourth-order valence-corrected chi connectivity index (χ4v) is 1.51. The minimum Gasteiger partial charge on any atom is -0.436 e. The Morgan fingerprint density at radius 2 is 2.00 bits per heavy atom. The first-order valence-corrected chi connectivity index (χ1v) is 5.41. The summed E-state index contributed by atoms with van der Waals surface area (Å²) >= 11 is 0. The highest BCUT2D eigenvalue weighted by Crippen LogP contribution is 2.24. The molecule has 0 saturated heterocycles. The summed E-state index contributed by atoms with van der Waals surface area (Å²) in [7, 11) is 0. The van der Waals surface area contributed by atoms with Crippen molar-refractivity contribution in [2.75, 3.05) is 0 Å². The largest absolute Gasteiger partial charge is 0.436 e. The van der Waals surface area contributed by atoms with Crippen LogP contribution in [0.2, 0.25) is 0 Å². The van der Waals surface area contributed by atoms with Crippen LogP contribution in [-0.4, -0.2) is 10.8 Å². The lowest BCUT2D eigenvalue weighted by Crippen LogP contribution is -2.11. The molecule has 2 rings (SSSR count). The summed E-state index contributed by atoms with van der Waals surface area (Å²) in [6.45, 7) is 1.68. The Kier molecular flexibility index (Phi) is 3.41. The minimum absolute atomic E-state index is 0.0506. The molecule has 1 heterocycles. The highest BCUT2D eigenvalue weighted by atomic mass is 19.1. The second kappa shape index (κ2) is 5.01. The van der Waals surface area contributed by atoms with Crippen molar-refractivity contribution in [1.82, 2.24) is 4.98 Å². The Labute approximate surface area is 108 Å². The third-order valence-electron chi connectivity index (χ3n) is 2.35. The zero-order valence-corrected chi connectivity index (χ0v) is 10.1. The summed E-state index contributed by atoms with van der Waals surface area (Å²) in [5, 5.41) is 7.35. The first-order valence-electron chi connectivity index (χ1n) is 5.41. The molecule has 4 nitrogen and oxygen atoms in total. The number of nitrogens with one attached hydrogen (secondary N) is 1. The molecule has 0 fully saturated rings. The standard InChI is InChI=1S/C13H11F2N3O/c1-7-4-8(13(16)17)5-12(18-7)19-11-6-9(14)2-3-10(11)15/h2-6H,1H3,(H3,16,17). The van der Waals surface area contributed by atoms with Gasteiger partial charge < -0.3 is 10.5 Å². The number of nitrogens with two attached hydrogens (primary N) is 1. The van der Waals surface area contributed by atoms with Crippen LogP contribution in [0.25, 0.3) is 0 Å². The maximum Gasteiger partial charge on any atom is 0.220 e. The number of hydrogen-bond donors (Lipinski definition) is 2. The SMILES string of the molecule is Cc1cc(C(=N)N)cc(Oc2cc(F)ccc2F)n1. The topological polar surface area (TPSA) is 72.0 Å². The molecular weight excluding hydrogens is 252 g/mol. The molecule has 3 N–H and O–H groups in total. The highest BCUT2D eigenvalue weighted by Gasteiger charge is 2.09. The van der Waals surface area contributed by atoms with Crippen molar-refractivity contribution in [3.05, 3.63) is 53.2 Å². The molecule has 0 saturated carbocycles. The maximum atomic E-state index is 13.4. The van der Waals surface area contributed by atoms with E-state index in [1.54, 1.807) is 13.0 Å². The predicted octanol–water partition coefficient (Wildman–Crippen LogP) is 2.74. The Balaban J connectivity index is 2.38. The van der Waals surface area contributed by atoms with E-state index in [1.807, 2.05) is 0 Å². The van der Waals surface area contributed by atoms with Gasteiger partial charge in [-0.05, 0) is 25.1 Å². The van der Waals surface area contributed by atoms with Gasteiger partial charge in [0.1, 0.15) is 11.7 Å². The number of halogens is 2. The van der Waals surface area contributed by atoms with Crippen molar-refractivity contribution >= 4 is 5.84 Å². The number of amidine groups is 1. The first-order chi connectivity index (χ1) is 8.95. The van der Waals surface area contributed by atoms with E-state index < -0.39 is 11.6 Å². The normalized spacial score (nSPS) is 10.3. The average molecular weight is 263 g/mol. The lowest BCUT2D eigenvalue weighted by atomic mass is 10.2. The van der Waals surface area contributed by atoms with Gasteiger partial charge in [-0.3, -0.25) is 5.41 Å². The first kappa shape index (κ1) is 12.9. The zero-order chi connectivity index (χ0) is 14.0. The number of ether oxygens (including phenoxy) is 1. The van der Waals surface area contributed by atoms with Crippen molar-refractivity contribution in [3.63, 3.8) is 0 Å². The van der Waals surface area contributed by atoms with Gasteiger partial charge in [-0.2, -0.15) is 0 Å². The van der Waals surface area contributed by atoms with Crippen LogP contribution in [0.4, 0.5) is 8.78 Å².